The molecule has 0 unspecified atom stereocenters. The van der Waals surface area contributed by atoms with Crippen LogP contribution in [0.5, 0.6) is 11.5 Å². The van der Waals surface area contributed by atoms with E-state index in [1.807, 2.05) is 60.7 Å². The number of benzene rings is 3. The summed E-state index contributed by atoms with van der Waals surface area (Å²) in [5, 5.41) is 20.1. The van der Waals surface area contributed by atoms with E-state index in [-0.39, 0.29) is 23.1 Å². The summed E-state index contributed by atoms with van der Waals surface area (Å²) in [6.45, 7) is 5.39. The summed E-state index contributed by atoms with van der Waals surface area (Å²) in [5.41, 5.74) is 0.0644. The number of aliphatic carboxylic acids is 1. The van der Waals surface area contributed by atoms with Gasteiger partial charge in [0.1, 0.15) is 17.3 Å². The predicted molar refractivity (Wildman–Crippen MR) is 129 cm³/mol. The number of rotatable bonds is 9. The van der Waals surface area contributed by atoms with E-state index in [2.05, 4.69) is 18.7 Å². The molecule has 3 aromatic carbocycles. The third-order valence-electron chi connectivity index (χ3n) is 6.92. The van der Waals surface area contributed by atoms with Gasteiger partial charge < -0.3 is 14.9 Å². The van der Waals surface area contributed by atoms with Crippen LogP contribution in [0, 0.1) is 5.82 Å². The lowest BCUT2D eigenvalue weighted by Crippen LogP contribution is -2.62. The zero-order valence-electron chi connectivity index (χ0n) is 19.4. The number of carboxylic acid groups (broad SMARTS) is 1. The molecule has 34 heavy (non-hydrogen) atoms. The number of phenolic OH excluding ortho intramolecular Hbond substituents is 1. The van der Waals surface area contributed by atoms with Gasteiger partial charge >= 0.3 is 5.97 Å². The second kappa shape index (κ2) is 9.47. The fraction of sp³-hybridized carbons (Fsp3) is 0.321. The van der Waals surface area contributed by atoms with Crippen LogP contribution in [-0.2, 0) is 10.2 Å². The number of phenols is 1. The zero-order valence-corrected chi connectivity index (χ0v) is 19.4. The molecule has 0 spiro atoms. The summed E-state index contributed by atoms with van der Waals surface area (Å²) in [4.78, 5) is 15.0. The van der Waals surface area contributed by atoms with Gasteiger partial charge in [-0.25, -0.2) is 4.39 Å². The summed E-state index contributed by atoms with van der Waals surface area (Å²) in [6.07, 6.45) is 0.867. The molecule has 2 N–H and O–H groups in total. The molecule has 6 heteroatoms. The smallest absolute Gasteiger partial charge is 0.318 e. The van der Waals surface area contributed by atoms with E-state index in [9.17, 15) is 19.4 Å². The first kappa shape index (κ1) is 23.8. The maximum absolute atomic E-state index is 14.0. The van der Waals surface area contributed by atoms with Gasteiger partial charge in [0.05, 0.1) is 0 Å². The van der Waals surface area contributed by atoms with Crippen LogP contribution in [0.1, 0.15) is 37.8 Å². The van der Waals surface area contributed by atoms with E-state index in [1.54, 1.807) is 0 Å². The first-order valence-electron chi connectivity index (χ1n) is 11.5. The van der Waals surface area contributed by atoms with Crippen molar-refractivity contribution < 1.29 is 24.1 Å². The number of likely N-dealkylation sites (tertiary alicyclic amines) is 1. The summed E-state index contributed by atoms with van der Waals surface area (Å²) < 4.78 is 19.7. The van der Waals surface area contributed by atoms with Gasteiger partial charge in [0.2, 0.25) is 0 Å². The van der Waals surface area contributed by atoms with Gasteiger partial charge in [-0.05, 0) is 49.9 Å². The molecule has 0 atom stereocenters. The van der Waals surface area contributed by atoms with Crippen LogP contribution in [0.15, 0.2) is 78.9 Å². The molecule has 5 nitrogen and oxygen atoms in total. The number of ether oxygens (including phenoxy) is 1. The van der Waals surface area contributed by atoms with Gasteiger partial charge in [-0.15, -0.1) is 0 Å². The number of halogens is 1. The molecule has 1 aliphatic rings. The molecule has 1 fully saturated rings. The third-order valence-corrected chi connectivity index (χ3v) is 6.92. The fourth-order valence-electron chi connectivity index (χ4n) is 4.67. The molecule has 178 valence electrons. The van der Waals surface area contributed by atoms with Crippen LogP contribution < -0.4 is 4.74 Å². The maximum atomic E-state index is 14.0. The Morgan fingerprint density at radius 3 is 2.06 bits per heavy atom. The molecular formula is C28H30FNO4. The molecule has 0 bridgehead atoms. The van der Waals surface area contributed by atoms with E-state index in [0.717, 1.165) is 11.1 Å². The predicted octanol–water partition coefficient (Wildman–Crippen LogP) is 5.22. The normalized spacial score (nSPS) is 15.0. The Labute approximate surface area is 199 Å². The summed E-state index contributed by atoms with van der Waals surface area (Å²) in [5.74, 6) is -1.38. The van der Waals surface area contributed by atoms with Crippen LogP contribution in [0.2, 0.25) is 0 Å². The topological polar surface area (TPSA) is 70.0 Å². The number of carbonyl (C=O) groups is 1. The van der Waals surface area contributed by atoms with Crippen molar-refractivity contribution in [2.75, 3.05) is 13.1 Å². The molecule has 1 heterocycles. The van der Waals surface area contributed by atoms with Crippen molar-refractivity contribution >= 4 is 5.97 Å². The lowest BCUT2D eigenvalue weighted by atomic mass is 9.69. The molecule has 1 aliphatic heterocycles. The molecule has 0 aromatic heterocycles. The fourth-order valence-corrected chi connectivity index (χ4v) is 4.67. The highest BCUT2D eigenvalue weighted by Crippen LogP contribution is 2.40. The number of carboxylic acids is 1. The first-order valence-corrected chi connectivity index (χ1v) is 11.5. The van der Waals surface area contributed by atoms with E-state index in [4.69, 9.17) is 4.74 Å². The largest absolute Gasteiger partial charge is 0.508 e. The Morgan fingerprint density at radius 1 is 0.971 bits per heavy atom. The minimum Gasteiger partial charge on any atom is -0.508 e. The van der Waals surface area contributed by atoms with Gasteiger partial charge in [0.15, 0.2) is 11.6 Å². The van der Waals surface area contributed by atoms with Crippen molar-refractivity contribution in [2.45, 2.75) is 43.7 Å². The van der Waals surface area contributed by atoms with Gasteiger partial charge in [0.25, 0.3) is 0 Å². The van der Waals surface area contributed by atoms with E-state index in [1.165, 1.54) is 18.2 Å². The van der Waals surface area contributed by atoms with Crippen molar-refractivity contribution in [1.29, 1.82) is 0 Å². The average molecular weight is 464 g/mol. The van der Waals surface area contributed by atoms with E-state index < -0.39 is 17.2 Å². The monoisotopic (exact) mass is 463 g/mol. The third kappa shape index (κ3) is 4.64. The summed E-state index contributed by atoms with van der Waals surface area (Å²) >= 11 is 0. The van der Waals surface area contributed by atoms with Crippen molar-refractivity contribution in [2.24, 2.45) is 0 Å². The highest BCUT2D eigenvalue weighted by atomic mass is 19.1. The number of aromatic hydroxyl groups is 1. The standard InChI is InChI=1S/C28H30FNO4/c1-27(2,30-18-23(19-30)34-25-17-22(31)13-14-24(25)29)15-16-28(26(32)33,20-9-5-3-6-10-20)21-11-7-4-8-12-21/h3-14,17,23,31H,15-16,18-19H2,1-2H3,(H,32,33). The molecular weight excluding hydrogens is 433 g/mol. The SMILES string of the molecule is CC(C)(CCC(C(=O)O)(c1ccccc1)c1ccccc1)N1CC(Oc2cc(O)ccc2F)C1. The highest BCUT2D eigenvalue weighted by molar-refractivity contribution is 5.86. The average Bonchev–Trinajstić information content (AvgIpc) is 2.79. The van der Waals surface area contributed by atoms with Crippen LogP contribution in [0.25, 0.3) is 0 Å². The first-order chi connectivity index (χ1) is 16.2. The van der Waals surface area contributed by atoms with Gasteiger partial charge in [0, 0.05) is 24.7 Å². The Morgan fingerprint density at radius 2 is 1.53 bits per heavy atom. The minimum absolute atomic E-state index is 0.0419. The maximum Gasteiger partial charge on any atom is 0.318 e. The van der Waals surface area contributed by atoms with Gasteiger partial charge in [-0.2, -0.15) is 0 Å². The second-order valence-electron chi connectivity index (χ2n) is 9.51. The van der Waals surface area contributed by atoms with Crippen LogP contribution >= 0.6 is 0 Å². The van der Waals surface area contributed by atoms with Crippen molar-refractivity contribution in [3.8, 4) is 11.5 Å². The Kier molecular flexibility index (Phi) is 6.62. The molecule has 4 rings (SSSR count). The quantitative estimate of drug-likeness (QED) is 0.455. The minimum atomic E-state index is -1.16. The van der Waals surface area contributed by atoms with Crippen LogP contribution in [0.3, 0.4) is 0 Å². The second-order valence-corrected chi connectivity index (χ2v) is 9.51. The van der Waals surface area contributed by atoms with Crippen LogP contribution in [0.4, 0.5) is 4.39 Å². The molecule has 0 radical (unpaired) electrons. The molecule has 0 amide bonds. The van der Waals surface area contributed by atoms with Crippen LogP contribution in [-0.4, -0.2) is 45.8 Å². The summed E-state index contributed by atoms with van der Waals surface area (Å²) in [7, 11) is 0. The molecule has 3 aromatic rings. The Bertz CT molecular complexity index is 1090. The molecule has 0 saturated carbocycles. The Hall–Kier alpha value is -3.38. The van der Waals surface area contributed by atoms with E-state index in [0.29, 0.717) is 25.9 Å². The number of hydrogen-bond donors (Lipinski definition) is 2. The zero-order chi connectivity index (χ0) is 24.3. The van der Waals surface area contributed by atoms with Crippen molar-refractivity contribution in [1.82, 2.24) is 4.90 Å². The highest BCUT2D eigenvalue weighted by Gasteiger charge is 2.45. The summed E-state index contributed by atoms with van der Waals surface area (Å²) in [6, 6.07) is 22.5. The number of hydrogen-bond acceptors (Lipinski definition) is 4. The van der Waals surface area contributed by atoms with Gasteiger partial charge in [-0.1, -0.05) is 60.7 Å². The molecule has 1 saturated heterocycles. The lowest BCUT2D eigenvalue weighted by Gasteiger charge is -2.49. The number of nitrogens with zero attached hydrogens (tertiary/aromatic N) is 1. The van der Waals surface area contributed by atoms with Gasteiger partial charge in [-0.3, -0.25) is 9.69 Å². The van der Waals surface area contributed by atoms with Crippen molar-refractivity contribution in [3.63, 3.8) is 0 Å². The van der Waals surface area contributed by atoms with E-state index >= 15 is 0 Å². The Balaban J connectivity index is 1.49. The molecule has 0 aliphatic carbocycles. The van der Waals surface area contributed by atoms with Crippen molar-refractivity contribution in [3.05, 3.63) is 95.8 Å². The lowest BCUT2D eigenvalue weighted by molar-refractivity contribution is -0.143.